The van der Waals surface area contributed by atoms with E-state index >= 15 is 0 Å². The van der Waals surface area contributed by atoms with Crippen LogP contribution in [0.4, 0.5) is 0 Å². The second-order valence-corrected chi connectivity index (χ2v) is 6.02. The van der Waals surface area contributed by atoms with Crippen LogP contribution in [-0.2, 0) is 14.3 Å². The molecular formula is C21H32N2O4. The number of ether oxygens (including phenoxy) is 1. The summed E-state index contributed by atoms with van der Waals surface area (Å²) in [7, 11) is 0. The molecule has 0 rings (SSSR count). The SMILES string of the molecule is C=C(C#N)C(=O)O.CCCCCCCCCC=C(C#N)C(=O)OCCCC. The minimum Gasteiger partial charge on any atom is -0.477 e. The first kappa shape index (κ1) is 26.6. The molecule has 0 unspecified atom stereocenters. The Morgan fingerprint density at radius 2 is 1.52 bits per heavy atom. The highest BCUT2D eigenvalue weighted by molar-refractivity contribution is 5.92. The highest BCUT2D eigenvalue weighted by atomic mass is 16.5. The molecule has 27 heavy (non-hydrogen) atoms. The lowest BCUT2D eigenvalue weighted by atomic mass is 10.1. The number of unbranched alkanes of at least 4 members (excludes halogenated alkanes) is 8. The van der Waals surface area contributed by atoms with Crippen molar-refractivity contribution in [1.29, 1.82) is 10.5 Å². The number of aliphatic carboxylic acids is 1. The van der Waals surface area contributed by atoms with Crippen molar-refractivity contribution >= 4 is 11.9 Å². The van der Waals surface area contributed by atoms with Gasteiger partial charge in [-0.05, 0) is 19.3 Å². The highest BCUT2D eigenvalue weighted by Crippen LogP contribution is 2.10. The molecule has 0 fully saturated rings. The number of hydrogen-bond acceptors (Lipinski definition) is 5. The maximum atomic E-state index is 11.6. The van der Waals surface area contributed by atoms with Crippen LogP contribution in [-0.4, -0.2) is 23.7 Å². The van der Waals surface area contributed by atoms with Crippen LogP contribution in [0, 0.1) is 22.7 Å². The van der Waals surface area contributed by atoms with Gasteiger partial charge in [-0.1, -0.05) is 71.4 Å². The van der Waals surface area contributed by atoms with Crippen LogP contribution in [0.5, 0.6) is 0 Å². The molecule has 6 heteroatoms. The van der Waals surface area contributed by atoms with Crippen molar-refractivity contribution in [2.75, 3.05) is 6.61 Å². The van der Waals surface area contributed by atoms with Crippen molar-refractivity contribution in [3.63, 3.8) is 0 Å². The number of esters is 1. The topological polar surface area (TPSA) is 111 Å². The van der Waals surface area contributed by atoms with E-state index < -0.39 is 17.5 Å². The summed E-state index contributed by atoms with van der Waals surface area (Å²) in [4.78, 5) is 21.2. The summed E-state index contributed by atoms with van der Waals surface area (Å²) in [6.07, 6.45) is 13.0. The van der Waals surface area contributed by atoms with E-state index in [1.165, 1.54) is 44.6 Å². The third-order valence-corrected chi connectivity index (χ3v) is 3.62. The number of carbonyl (C=O) groups excluding carboxylic acids is 1. The van der Waals surface area contributed by atoms with Gasteiger partial charge in [0.05, 0.1) is 6.61 Å². The molecule has 0 aromatic heterocycles. The van der Waals surface area contributed by atoms with Gasteiger partial charge in [-0.3, -0.25) is 0 Å². The van der Waals surface area contributed by atoms with Crippen molar-refractivity contribution in [1.82, 2.24) is 0 Å². The van der Waals surface area contributed by atoms with Gasteiger partial charge in [-0.25, -0.2) is 9.59 Å². The van der Waals surface area contributed by atoms with Crippen LogP contribution in [0.15, 0.2) is 23.8 Å². The molecule has 0 aliphatic heterocycles. The van der Waals surface area contributed by atoms with Crippen molar-refractivity contribution in [2.24, 2.45) is 0 Å². The molecule has 0 aromatic carbocycles. The molecule has 0 aromatic rings. The average Bonchev–Trinajstić information content (AvgIpc) is 2.66. The molecule has 0 saturated carbocycles. The lowest BCUT2D eigenvalue weighted by Gasteiger charge is -2.02. The van der Waals surface area contributed by atoms with Crippen LogP contribution < -0.4 is 0 Å². The van der Waals surface area contributed by atoms with Gasteiger partial charge in [0.15, 0.2) is 0 Å². The fourth-order valence-corrected chi connectivity index (χ4v) is 1.96. The summed E-state index contributed by atoms with van der Waals surface area (Å²) in [6, 6.07) is 3.30. The number of allylic oxidation sites excluding steroid dienone is 1. The largest absolute Gasteiger partial charge is 0.477 e. The van der Waals surface area contributed by atoms with Gasteiger partial charge in [0.1, 0.15) is 23.3 Å². The Kier molecular flexibility index (Phi) is 19.4. The Labute approximate surface area is 163 Å². The first-order chi connectivity index (χ1) is 12.9. The van der Waals surface area contributed by atoms with Crippen LogP contribution in [0.1, 0.15) is 78.1 Å². The van der Waals surface area contributed by atoms with Crippen LogP contribution in [0.3, 0.4) is 0 Å². The quantitative estimate of drug-likeness (QED) is 0.208. The van der Waals surface area contributed by atoms with Gasteiger partial charge in [-0.2, -0.15) is 10.5 Å². The molecule has 0 saturated heterocycles. The second kappa shape index (κ2) is 19.7. The van der Waals surface area contributed by atoms with E-state index in [0.29, 0.717) is 6.61 Å². The Morgan fingerprint density at radius 3 is 1.96 bits per heavy atom. The van der Waals surface area contributed by atoms with E-state index in [-0.39, 0.29) is 5.57 Å². The van der Waals surface area contributed by atoms with Crippen molar-refractivity contribution in [2.45, 2.75) is 78.1 Å². The minimum absolute atomic E-state index is 0.159. The van der Waals surface area contributed by atoms with Crippen LogP contribution in [0.2, 0.25) is 0 Å². The summed E-state index contributed by atoms with van der Waals surface area (Å²) >= 11 is 0. The number of nitriles is 2. The standard InChI is InChI=1S/C17H29NO2.C4H3NO2/c1-3-5-7-8-9-10-11-12-13-16(15-18)17(19)20-14-6-4-2;1-3(2-5)4(6)7/h13H,3-12,14H2,1-2H3;1H2,(H,6,7). The Balaban J connectivity index is 0. The fourth-order valence-electron chi connectivity index (χ4n) is 1.96. The van der Waals surface area contributed by atoms with E-state index in [1.54, 1.807) is 6.08 Å². The number of carbonyl (C=O) groups is 2. The molecule has 0 radical (unpaired) electrons. The number of hydrogen-bond donors (Lipinski definition) is 1. The lowest BCUT2D eigenvalue weighted by Crippen LogP contribution is -2.07. The molecule has 0 amide bonds. The van der Waals surface area contributed by atoms with Crippen molar-refractivity contribution < 1.29 is 19.4 Å². The number of nitrogens with zero attached hydrogens (tertiary/aromatic N) is 2. The van der Waals surface area contributed by atoms with Crippen molar-refractivity contribution in [3.8, 4) is 12.1 Å². The van der Waals surface area contributed by atoms with Gasteiger partial charge >= 0.3 is 11.9 Å². The summed E-state index contributed by atoms with van der Waals surface area (Å²) in [5.74, 6) is -1.73. The summed E-state index contributed by atoms with van der Waals surface area (Å²) in [5, 5.41) is 24.6. The molecular weight excluding hydrogens is 344 g/mol. The van der Waals surface area contributed by atoms with Crippen molar-refractivity contribution in [3.05, 3.63) is 23.8 Å². The maximum absolute atomic E-state index is 11.6. The number of carboxylic acid groups (broad SMARTS) is 1. The zero-order valence-electron chi connectivity index (χ0n) is 16.6. The molecule has 0 bridgehead atoms. The molecule has 0 heterocycles. The van der Waals surface area contributed by atoms with E-state index in [1.807, 2.05) is 13.0 Å². The summed E-state index contributed by atoms with van der Waals surface area (Å²) in [6.45, 7) is 7.57. The molecule has 0 aliphatic rings. The second-order valence-electron chi connectivity index (χ2n) is 6.02. The molecule has 150 valence electrons. The summed E-state index contributed by atoms with van der Waals surface area (Å²) in [5.41, 5.74) is -0.271. The normalized spacial score (nSPS) is 10.0. The third kappa shape index (κ3) is 18.0. The van der Waals surface area contributed by atoms with Gasteiger partial charge in [0.25, 0.3) is 0 Å². The van der Waals surface area contributed by atoms with Gasteiger partial charge < -0.3 is 9.84 Å². The predicted octanol–water partition coefficient (Wildman–Crippen LogP) is 5.07. The monoisotopic (exact) mass is 376 g/mol. The predicted molar refractivity (Wildman–Crippen MR) is 105 cm³/mol. The van der Waals surface area contributed by atoms with Crippen LogP contribution in [0.25, 0.3) is 0 Å². The van der Waals surface area contributed by atoms with E-state index in [2.05, 4.69) is 13.5 Å². The first-order valence-corrected chi connectivity index (χ1v) is 9.54. The Bertz CT molecular complexity index is 554. The van der Waals surface area contributed by atoms with Gasteiger partial charge in [-0.15, -0.1) is 0 Å². The fraction of sp³-hybridized carbons (Fsp3) is 0.619. The lowest BCUT2D eigenvalue weighted by molar-refractivity contribution is -0.138. The molecule has 0 aliphatic carbocycles. The van der Waals surface area contributed by atoms with E-state index in [0.717, 1.165) is 25.7 Å². The van der Waals surface area contributed by atoms with E-state index in [4.69, 9.17) is 20.4 Å². The highest BCUT2D eigenvalue weighted by Gasteiger charge is 2.09. The van der Waals surface area contributed by atoms with Gasteiger partial charge in [0, 0.05) is 0 Å². The molecule has 0 atom stereocenters. The minimum atomic E-state index is -1.26. The van der Waals surface area contributed by atoms with Crippen LogP contribution >= 0.6 is 0 Å². The zero-order valence-corrected chi connectivity index (χ0v) is 16.6. The maximum Gasteiger partial charge on any atom is 0.348 e. The summed E-state index contributed by atoms with van der Waals surface area (Å²) < 4.78 is 5.03. The number of carboxylic acids is 1. The molecule has 6 nitrogen and oxygen atoms in total. The Morgan fingerprint density at radius 1 is 0.963 bits per heavy atom. The zero-order chi connectivity index (χ0) is 20.9. The molecule has 1 N–H and O–H groups in total. The third-order valence-electron chi connectivity index (χ3n) is 3.62. The number of rotatable bonds is 13. The Hall–Kier alpha value is -2.60. The van der Waals surface area contributed by atoms with E-state index in [9.17, 15) is 9.59 Å². The molecule has 0 spiro atoms. The van der Waals surface area contributed by atoms with Gasteiger partial charge in [0.2, 0.25) is 0 Å². The first-order valence-electron chi connectivity index (χ1n) is 9.54. The smallest absolute Gasteiger partial charge is 0.348 e. The average molecular weight is 376 g/mol.